The van der Waals surface area contributed by atoms with Crippen molar-refractivity contribution >= 4 is 5.78 Å². The van der Waals surface area contributed by atoms with Gasteiger partial charge in [0.05, 0.1) is 0 Å². The lowest BCUT2D eigenvalue weighted by molar-refractivity contribution is -0.126. The topological polar surface area (TPSA) is 17.1 Å². The van der Waals surface area contributed by atoms with Crippen molar-refractivity contribution in [3.63, 3.8) is 0 Å². The van der Waals surface area contributed by atoms with Crippen molar-refractivity contribution in [1.82, 2.24) is 0 Å². The quantitative estimate of drug-likeness (QED) is 0.768. The summed E-state index contributed by atoms with van der Waals surface area (Å²) in [6.45, 7) is 14.6. The zero-order valence-corrected chi connectivity index (χ0v) is 12.8. The Morgan fingerprint density at radius 2 is 1.28 bits per heavy atom. The smallest absolute Gasteiger partial charge is 0.145 e. The van der Waals surface area contributed by atoms with Gasteiger partial charge in [0.1, 0.15) is 5.78 Å². The Morgan fingerprint density at radius 3 is 1.61 bits per heavy atom. The Balaban J connectivity index is 3.09. The van der Waals surface area contributed by atoms with E-state index in [-0.39, 0.29) is 11.3 Å². The molecular weight excluding hydrogens is 220 g/mol. The van der Waals surface area contributed by atoms with Gasteiger partial charge in [-0.2, -0.15) is 0 Å². The fourth-order valence-corrected chi connectivity index (χ4v) is 2.25. The van der Waals surface area contributed by atoms with E-state index in [1.54, 1.807) is 0 Å². The van der Waals surface area contributed by atoms with Crippen LogP contribution in [0.3, 0.4) is 0 Å². The minimum absolute atomic E-state index is 0.0716. The maximum absolute atomic E-state index is 12.2. The standard InChI is InChI=1S/C17H26O/c1-12(2)15(18)17(6,7)14-10-8-13(9-11-14)16(3,4)5/h8-12H,1-7H3. The first-order valence-corrected chi connectivity index (χ1v) is 6.72. The van der Waals surface area contributed by atoms with Crippen molar-refractivity contribution in [2.45, 2.75) is 59.3 Å². The first kappa shape index (κ1) is 14.9. The van der Waals surface area contributed by atoms with Crippen LogP contribution in [0, 0.1) is 5.92 Å². The molecule has 0 amide bonds. The van der Waals surface area contributed by atoms with Crippen LogP contribution in [0.15, 0.2) is 24.3 Å². The fourth-order valence-electron chi connectivity index (χ4n) is 2.25. The normalized spacial score (nSPS) is 12.9. The predicted molar refractivity (Wildman–Crippen MR) is 78.0 cm³/mol. The highest BCUT2D eigenvalue weighted by Gasteiger charge is 2.31. The Bertz CT molecular complexity index is 416. The lowest BCUT2D eigenvalue weighted by Gasteiger charge is -2.27. The molecule has 1 nitrogen and oxygen atoms in total. The highest BCUT2D eigenvalue weighted by molar-refractivity contribution is 5.90. The van der Waals surface area contributed by atoms with E-state index in [0.29, 0.717) is 5.78 Å². The molecule has 0 N–H and O–H groups in total. The van der Waals surface area contributed by atoms with Crippen LogP contribution >= 0.6 is 0 Å². The molecule has 0 bridgehead atoms. The summed E-state index contributed by atoms with van der Waals surface area (Å²) in [4.78, 5) is 12.2. The van der Waals surface area contributed by atoms with E-state index >= 15 is 0 Å². The molecule has 0 saturated carbocycles. The van der Waals surface area contributed by atoms with Gasteiger partial charge in [0, 0.05) is 11.3 Å². The van der Waals surface area contributed by atoms with Crippen LogP contribution in [-0.4, -0.2) is 5.78 Å². The lowest BCUT2D eigenvalue weighted by atomic mass is 9.75. The molecule has 0 unspecified atom stereocenters. The summed E-state index contributed by atoms with van der Waals surface area (Å²) < 4.78 is 0. The van der Waals surface area contributed by atoms with Gasteiger partial charge in [-0.15, -0.1) is 0 Å². The van der Waals surface area contributed by atoms with Gasteiger partial charge >= 0.3 is 0 Å². The molecule has 1 aromatic carbocycles. The molecule has 0 saturated heterocycles. The summed E-state index contributed by atoms with van der Waals surface area (Å²) >= 11 is 0. The lowest BCUT2D eigenvalue weighted by Crippen LogP contribution is -2.32. The van der Waals surface area contributed by atoms with Crippen LogP contribution in [0.2, 0.25) is 0 Å². The van der Waals surface area contributed by atoms with E-state index in [4.69, 9.17) is 0 Å². The second kappa shape index (κ2) is 4.87. The number of carbonyl (C=O) groups is 1. The molecule has 0 radical (unpaired) electrons. The van der Waals surface area contributed by atoms with E-state index in [1.165, 1.54) is 5.56 Å². The number of rotatable bonds is 3. The van der Waals surface area contributed by atoms with Crippen LogP contribution in [0.1, 0.15) is 59.6 Å². The third-order valence-corrected chi connectivity index (χ3v) is 3.61. The van der Waals surface area contributed by atoms with Gasteiger partial charge in [-0.3, -0.25) is 4.79 Å². The van der Waals surface area contributed by atoms with Crippen LogP contribution in [-0.2, 0) is 15.6 Å². The molecule has 0 aliphatic rings. The molecule has 100 valence electrons. The second-order valence-electron chi connectivity index (χ2n) is 6.97. The van der Waals surface area contributed by atoms with Crippen molar-refractivity contribution in [3.8, 4) is 0 Å². The first-order valence-electron chi connectivity index (χ1n) is 6.72. The van der Waals surface area contributed by atoms with Crippen molar-refractivity contribution in [3.05, 3.63) is 35.4 Å². The number of benzene rings is 1. The highest BCUT2D eigenvalue weighted by atomic mass is 16.1. The minimum atomic E-state index is -0.398. The van der Waals surface area contributed by atoms with Crippen molar-refractivity contribution in [1.29, 1.82) is 0 Å². The number of ketones is 1. The average Bonchev–Trinajstić information content (AvgIpc) is 2.26. The average molecular weight is 246 g/mol. The maximum Gasteiger partial charge on any atom is 0.145 e. The Morgan fingerprint density at radius 1 is 0.889 bits per heavy atom. The summed E-state index contributed by atoms with van der Waals surface area (Å²) in [5, 5.41) is 0. The van der Waals surface area contributed by atoms with Gasteiger partial charge in [0.2, 0.25) is 0 Å². The van der Waals surface area contributed by atoms with Crippen LogP contribution in [0.4, 0.5) is 0 Å². The van der Waals surface area contributed by atoms with E-state index in [0.717, 1.165) is 5.56 Å². The molecule has 1 aromatic rings. The van der Waals surface area contributed by atoms with Gasteiger partial charge in [-0.25, -0.2) is 0 Å². The summed E-state index contributed by atoms with van der Waals surface area (Å²) in [7, 11) is 0. The summed E-state index contributed by atoms with van der Waals surface area (Å²) in [6, 6.07) is 8.48. The molecule has 0 aliphatic heterocycles. The second-order valence-corrected chi connectivity index (χ2v) is 6.97. The highest BCUT2D eigenvalue weighted by Crippen LogP contribution is 2.30. The molecule has 0 aromatic heterocycles. The van der Waals surface area contributed by atoms with Crippen LogP contribution < -0.4 is 0 Å². The third kappa shape index (κ3) is 3.01. The molecule has 0 atom stereocenters. The Kier molecular flexibility index (Phi) is 4.05. The molecule has 0 fully saturated rings. The summed E-state index contributed by atoms with van der Waals surface area (Å²) in [5.74, 6) is 0.369. The van der Waals surface area contributed by atoms with Crippen molar-refractivity contribution in [2.24, 2.45) is 5.92 Å². The largest absolute Gasteiger partial charge is 0.298 e. The van der Waals surface area contributed by atoms with Gasteiger partial charge in [0.25, 0.3) is 0 Å². The molecule has 1 rings (SSSR count). The first-order chi connectivity index (χ1) is 8.06. The zero-order chi connectivity index (χ0) is 14.1. The maximum atomic E-state index is 12.2. The molecule has 18 heavy (non-hydrogen) atoms. The Labute approximate surface area is 112 Å². The van der Waals surface area contributed by atoms with Crippen molar-refractivity contribution < 1.29 is 4.79 Å². The van der Waals surface area contributed by atoms with E-state index in [1.807, 2.05) is 27.7 Å². The predicted octanol–water partition coefficient (Wildman–Crippen LogP) is 4.49. The Hall–Kier alpha value is -1.11. The zero-order valence-electron chi connectivity index (χ0n) is 12.8. The van der Waals surface area contributed by atoms with E-state index in [2.05, 4.69) is 45.0 Å². The fraction of sp³-hybridized carbons (Fsp3) is 0.588. The van der Waals surface area contributed by atoms with E-state index < -0.39 is 5.41 Å². The molecule has 0 heterocycles. The molecule has 0 aliphatic carbocycles. The van der Waals surface area contributed by atoms with Gasteiger partial charge in [-0.05, 0) is 30.4 Å². The number of hydrogen-bond acceptors (Lipinski definition) is 1. The van der Waals surface area contributed by atoms with Gasteiger partial charge in [0.15, 0.2) is 0 Å². The molecular formula is C17H26O. The SMILES string of the molecule is CC(C)C(=O)C(C)(C)c1ccc(C(C)(C)C)cc1. The number of hydrogen-bond donors (Lipinski definition) is 0. The van der Waals surface area contributed by atoms with Crippen molar-refractivity contribution in [2.75, 3.05) is 0 Å². The van der Waals surface area contributed by atoms with Crippen LogP contribution in [0.25, 0.3) is 0 Å². The number of carbonyl (C=O) groups excluding carboxylic acids is 1. The third-order valence-electron chi connectivity index (χ3n) is 3.61. The summed E-state index contributed by atoms with van der Waals surface area (Å²) in [6.07, 6.45) is 0. The van der Waals surface area contributed by atoms with E-state index in [9.17, 15) is 4.79 Å². The van der Waals surface area contributed by atoms with Gasteiger partial charge < -0.3 is 0 Å². The molecule has 1 heteroatoms. The van der Waals surface area contributed by atoms with Crippen LogP contribution in [0.5, 0.6) is 0 Å². The van der Waals surface area contributed by atoms with Gasteiger partial charge in [-0.1, -0.05) is 58.9 Å². The minimum Gasteiger partial charge on any atom is -0.298 e. The monoisotopic (exact) mass is 246 g/mol. The summed E-state index contributed by atoms with van der Waals surface area (Å²) in [5.41, 5.74) is 2.17. The molecule has 0 spiro atoms. The number of Topliss-reactive ketones (excluding diaryl/α,β-unsaturated/α-hetero) is 1.